The molecule has 0 aliphatic heterocycles. The predicted octanol–water partition coefficient (Wildman–Crippen LogP) is 0.263. The summed E-state index contributed by atoms with van der Waals surface area (Å²) in [4.78, 5) is 27.5. The third-order valence-electron chi connectivity index (χ3n) is 3.05. The lowest BCUT2D eigenvalue weighted by Crippen LogP contribution is -2.57. The second-order valence-electron chi connectivity index (χ2n) is 5.17. The first kappa shape index (κ1) is 17.2. The second-order valence-corrected chi connectivity index (χ2v) is 6.08. The quantitative estimate of drug-likeness (QED) is 0.756. The molecule has 0 saturated heterocycles. The van der Waals surface area contributed by atoms with Gasteiger partial charge in [0, 0.05) is 19.8 Å². The predicted molar refractivity (Wildman–Crippen MR) is 76.8 cm³/mol. The maximum atomic E-state index is 12.2. The smallest absolute Gasteiger partial charge is 0.245 e. The monoisotopic (exact) mass is 275 g/mol. The van der Waals surface area contributed by atoms with E-state index in [0.717, 1.165) is 0 Å². The molecular formula is C12H25N3O2S. The highest BCUT2D eigenvalue weighted by molar-refractivity contribution is 7.98. The minimum Gasteiger partial charge on any atom is -0.347 e. The van der Waals surface area contributed by atoms with Gasteiger partial charge in [-0.15, -0.1) is 0 Å². The van der Waals surface area contributed by atoms with E-state index in [4.69, 9.17) is 0 Å². The summed E-state index contributed by atoms with van der Waals surface area (Å²) in [7, 11) is 7.08. The van der Waals surface area contributed by atoms with Gasteiger partial charge in [0.2, 0.25) is 11.8 Å². The van der Waals surface area contributed by atoms with Crippen molar-refractivity contribution >= 4 is 23.6 Å². The maximum absolute atomic E-state index is 12.2. The van der Waals surface area contributed by atoms with Crippen molar-refractivity contribution in [2.75, 3.05) is 40.2 Å². The lowest BCUT2D eigenvalue weighted by molar-refractivity contribution is -0.137. The van der Waals surface area contributed by atoms with Gasteiger partial charge in [0.25, 0.3) is 0 Å². The summed E-state index contributed by atoms with van der Waals surface area (Å²) in [6.07, 6.45) is 1.92. The van der Waals surface area contributed by atoms with Crippen LogP contribution in [0.4, 0.5) is 0 Å². The molecule has 0 aliphatic carbocycles. The molecule has 6 heteroatoms. The standard InChI is InChI=1S/C12H25N3O2S/c1-12(2,15(5)6)11(17)13-9(8-18-7)10(16)14(3)4/h9H,8H2,1-7H3,(H,13,17)/t9-/m0/s1. The molecule has 5 nitrogen and oxygen atoms in total. The Morgan fingerprint density at radius 1 is 1.22 bits per heavy atom. The van der Waals surface area contributed by atoms with Gasteiger partial charge in [-0.25, -0.2) is 0 Å². The van der Waals surface area contributed by atoms with Gasteiger partial charge < -0.3 is 10.2 Å². The Morgan fingerprint density at radius 2 is 1.72 bits per heavy atom. The summed E-state index contributed by atoms with van der Waals surface area (Å²) in [5, 5.41) is 2.83. The fourth-order valence-electron chi connectivity index (χ4n) is 1.19. The Hall–Kier alpha value is -0.750. The van der Waals surface area contributed by atoms with Crippen LogP contribution in [0.3, 0.4) is 0 Å². The number of likely N-dealkylation sites (N-methyl/N-ethyl adjacent to an activating group) is 2. The zero-order valence-electron chi connectivity index (χ0n) is 12.4. The largest absolute Gasteiger partial charge is 0.347 e. The van der Waals surface area contributed by atoms with Crippen LogP contribution in [0, 0.1) is 0 Å². The Kier molecular flexibility index (Phi) is 6.70. The van der Waals surface area contributed by atoms with Crippen molar-refractivity contribution in [3.8, 4) is 0 Å². The Morgan fingerprint density at radius 3 is 2.06 bits per heavy atom. The minimum atomic E-state index is -0.636. The van der Waals surface area contributed by atoms with Gasteiger partial charge in [0.05, 0.1) is 5.54 Å². The van der Waals surface area contributed by atoms with Crippen LogP contribution in [0.15, 0.2) is 0 Å². The lowest BCUT2D eigenvalue weighted by Gasteiger charge is -2.33. The van der Waals surface area contributed by atoms with E-state index in [1.54, 1.807) is 25.9 Å². The molecule has 0 aliphatic rings. The molecule has 0 bridgehead atoms. The summed E-state index contributed by atoms with van der Waals surface area (Å²) >= 11 is 1.54. The Labute approximate surface area is 114 Å². The molecule has 18 heavy (non-hydrogen) atoms. The first-order valence-electron chi connectivity index (χ1n) is 5.83. The van der Waals surface area contributed by atoms with Crippen LogP contribution < -0.4 is 5.32 Å². The maximum Gasteiger partial charge on any atom is 0.245 e. The summed E-state index contributed by atoms with van der Waals surface area (Å²) < 4.78 is 0. The molecule has 106 valence electrons. The molecule has 2 amide bonds. The SMILES string of the molecule is CSC[C@H](NC(=O)C(C)(C)N(C)C)C(=O)N(C)C. The molecule has 0 unspecified atom stereocenters. The molecular weight excluding hydrogens is 250 g/mol. The third-order valence-corrected chi connectivity index (χ3v) is 3.72. The fraction of sp³-hybridized carbons (Fsp3) is 0.833. The molecule has 0 aromatic heterocycles. The number of nitrogens with zero attached hydrogens (tertiary/aromatic N) is 2. The zero-order valence-corrected chi connectivity index (χ0v) is 13.2. The minimum absolute atomic E-state index is 0.0766. The van der Waals surface area contributed by atoms with Crippen LogP contribution >= 0.6 is 11.8 Å². The number of hydrogen-bond acceptors (Lipinski definition) is 4. The van der Waals surface area contributed by atoms with E-state index >= 15 is 0 Å². The van der Waals surface area contributed by atoms with E-state index < -0.39 is 11.6 Å². The first-order chi connectivity index (χ1) is 8.14. The van der Waals surface area contributed by atoms with Crippen molar-refractivity contribution in [3.05, 3.63) is 0 Å². The third kappa shape index (κ3) is 4.49. The second kappa shape index (κ2) is 6.99. The van der Waals surface area contributed by atoms with Crippen molar-refractivity contribution in [1.82, 2.24) is 15.1 Å². The van der Waals surface area contributed by atoms with Crippen LogP contribution in [0.2, 0.25) is 0 Å². The topological polar surface area (TPSA) is 52.7 Å². The lowest BCUT2D eigenvalue weighted by atomic mass is 10.0. The van der Waals surface area contributed by atoms with Crippen LogP contribution in [0.25, 0.3) is 0 Å². The normalized spacial score (nSPS) is 13.3. The van der Waals surface area contributed by atoms with E-state index in [1.807, 2.05) is 39.1 Å². The highest BCUT2D eigenvalue weighted by Crippen LogP contribution is 2.11. The number of nitrogens with one attached hydrogen (secondary N) is 1. The average molecular weight is 275 g/mol. The highest BCUT2D eigenvalue weighted by Gasteiger charge is 2.33. The molecule has 0 spiro atoms. The first-order valence-corrected chi connectivity index (χ1v) is 7.22. The number of rotatable bonds is 6. The van der Waals surface area contributed by atoms with Gasteiger partial charge >= 0.3 is 0 Å². The van der Waals surface area contributed by atoms with Gasteiger partial charge in [0.15, 0.2) is 0 Å². The van der Waals surface area contributed by atoms with Crippen molar-refractivity contribution in [2.45, 2.75) is 25.4 Å². The summed E-state index contributed by atoms with van der Waals surface area (Å²) in [6, 6.07) is -0.471. The van der Waals surface area contributed by atoms with Gasteiger partial charge in [0.1, 0.15) is 6.04 Å². The van der Waals surface area contributed by atoms with Gasteiger partial charge in [-0.1, -0.05) is 0 Å². The fourth-order valence-corrected chi connectivity index (χ4v) is 1.75. The molecule has 0 heterocycles. The van der Waals surface area contributed by atoms with E-state index in [-0.39, 0.29) is 11.8 Å². The van der Waals surface area contributed by atoms with Crippen molar-refractivity contribution in [2.24, 2.45) is 0 Å². The molecule has 1 atom stereocenters. The van der Waals surface area contributed by atoms with Gasteiger partial charge in [-0.2, -0.15) is 11.8 Å². The van der Waals surface area contributed by atoms with Gasteiger partial charge in [-0.3, -0.25) is 14.5 Å². The van der Waals surface area contributed by atoms with Crippen LogP contribution in [0.5, 0.6) is 0 Å². The van der Waals surface area contributed by atoms with Crippen LogP contribution in [0.1, 0.15) is 13.8 Å². The molecule has 0 fully saturated rings. The summed E-state index contributed by atoms with van der Waals surface area (Å²) in [5.74, 6) is 0.362. The number of thioether (sulfide) groups is 1. The molecule has 0 aromatic carbocycles. The number of hydrogen-bond donors (Lipinski definition) is 1. The van der Waals surface area contributed by atoms with Crippen molar-refractivity contribution in [1.29, 1.82) is 0 Å². The van der Waals surface area contributed by atoms with E-state index in [9.17, 15) is 9.59 Å². The number of amides is 2. The summed E-state index contributed by atoms with van der Waals surface area (Å²) in [5.41, 5.74) is -0.636. The Balaban J connectivity index is 4.80. The average Bonchev–Trinajstić information content (AvgIpc) is 2.26. The van der Waals surface area contributed by atoms with Crippen molar-refractivity contribution in [3.63, 3.8) is 0 Å². The van der Waals surface area contributed by atoms with E-state index in [2.05, 4.69) is 5.32 Å². The van der Waals surface area contributed by atoms with Gasteiger partial charge in [-0.05, 0) is 34.2 Å². The van der Waals surface area contributed by atoms with E-state index in [1.165, 1.54) is 4.90 Å². The highest BCUT2D eigenvalue weighted by atomic mass is 32.2. The number of carbonyl (C=O) groups excluding carboxylic acids is 2. The van der Waals surface area contributed by atoms with Crippen LogP contribution in [-0.2, 0) is 9.59 Å². The van der Waals surface area contributed by atoms with E-state index in [0.29, 0.717) is 5.75 Å². The van der Waals surface area contributed by atoms with Crippen LogP contribution in [-0.4, -0.2) is 73.4 Å². The Bertz CT molecular complexity index is 304. The molecule has 1 N–H and O–H groups in total. The molecule has 0 aromatic rings. The number of carbonyl (C=O) groups is 2. The zero-order chi connectivity index (χ0) is 14.5. The molecule has 0 radical (unpaired) electrons. The molecule has 0 rings (SSSR count). The summed E-state index contributed by atoms with van der Waals surface area (Å²) in [6.45, 7) is 3.66. The van der Waals surface area contributed by atoms with Crippen molar-refractivity contribution < 1.29 is 9.59 Å². The molecule has 0 saturated carbocycles.